The lowest BCUT2D eigenvalue weighted by atomic mass is 10.2. The first-order valence-corrected chi connectivity index (χ1v) is 8.38. The van der Waals surface area contributed by atoms with Gasteiger partial charge in [-0.3, -0.25) is 0 Å². The highest BCUT2D eigenvalue weighted by Gasteiger charge is 2.16. The van der Waals surface area contributed by atoms with Gasteiger partial charge in [0.2, 0.25) is 0 Å². The molecule has 1 aromatic carbocycles. The third-order valence-electron chi connectivity index (χ3n) is 3.35. The molecule has 1 heterocycles. The first-order valence-electron chi connectivity index (χ1n) is 7.39. The third-order valence-corrected chi connectivity index (χ3v) is 4.19. The lowest BCUT2D eigenvalue weighted by Gasteiger charge is -2.12. The van der Waals surface area contributed by atoms with Crippen molar-refractivity contribution in [1.29, 1.82) is 5.26 Å². The molecule has 0 N–H and O–H groups in total. The molecule has 0 saturated carbocycles. The summed E-state index contributed by atoms with van der Waals surface area (Å²) in [4.78, 5) is 0. The molecule has 2 rings (SSSR count). The van der Waals surface area contributed by atoms with Crippen LogP contribution in [0.25, 0.3) is 11.4 Å². The Morgan fingerprint density at radius 3 is 2.62 bits per heavy atom. The molecule has 1 aromatic heterocycles. The van der Waals surface area contributed by atoms with Gasteiger partial charge in [-0.1, -0.05) is 11.8 Å². The van der Waals surface area contributed by atoms with Crippen LogP contribution in [-0.4, -0.2) is 48.5 Å². The van der Waals surface area contributed by atoms with E-state index in [0.717, 1.165) is 23.0 Å². The average Bonchev–Trinajstić information content (AvgIpc) is 3.02. The maximum Gasteiger partial charge on any atom is 0.192 e. The van der Waals surface area contributed by atoms with Crippen LogP contribution in [0.4, 0.5) is 0 Å². The van der Waals surface area contributed by atoms with Gasteiger partial charge in [0.1, 0.15) is 0 Å². The van der Waals surface area contributed by atoms with Crippen LogP contribution in [0.2, 0.25) is 0 Å². The molecule has 24 heavy (non-hydrogen) atoms. The third kappa shape index (κ3) is 4.19. The first-order chi connectivity index (χ1) is 11.7. The Balaban J connectivity index is 2.37. The molecule has 0 bridgehead atoms. The minimum Gasteiger partial charge on any atom is -0.493 e. The van der Waals surface area contributed by atoms with E-state index in [1.165, 1.54) is 11.8 Å². The van der Waals surface area contributed by atoms with Crippen molar-refractivity contribution >= 4 is 11.8 Å². The van der Waals surface area contributed by atoms with E-state index in [1.54, 1.807) is 21.3 Å². The second-order valence-electron chi connectivity index (χ2n) is 4.82. The highest BCUT2D eigenvalue weighted by Crippen LogP contribution is 2.32. The van der Waals surface area contributed by atoms with Crippen molar-refractivity contribution in [2.45, 2.75) is 18.1 Å². The van der Waals surface area contributed by atoms with Gasteiger partial charge in [0.25, 0.3) is 0 Å². The topological polar surface area (TPSA) is 82.2 Å². The van der Waals surface area contributed by atoms with Crippen LogP contribution < -0.4 is 9.47 Å². The number of rotatable bonds is 9. The van der Waals surface area contributed by atoms with Crippen LogP contribution >= 0.6 is 11.8 Å². The van der Waals surface area contributed by atoms with Crippen molar-refractivity contribution in [2.24, 2.45) is 0 Å². The number of benzene rings is 1. The fraction of sp³-hybridized carbons (Fsp3) is 0.438. The zero-order valence-electron chi connectivity index (χ0n) is 14.0. The lowest BCUT2D eigenvalue weighted by Crippen LogP contribution is -2.05. The molecule has 0 aliphatic heterocycles. The molecule has 0 unspecified atom stereocenters. The van der Waals surface area contributed by atoms with E-state index in [9.17, 15) is 0 Å². The van der Waals surface area contributed by atoms with Gasteiger partial charge < -0.3 is 18.8 Å². The molecule has 2 aromatic rings. The molecule has 0 aliphatic rings. The van der Waals surface area contributed by atoms with Gasteiger partial charge in [-0.2, -0.15) is 5.26 Å². The molecule has 0 saturated heterocycles. The quantitative estimate of drug-likeness (QED) is 0.509. The maximum atomic E-state index is 8.80. The molecular weight excluding hydrogens is 328 g/mol. The fourth-order valence-corrected chi connectivity index (χ4v) is 2.88. The monoisotopic (exact) mass is 348 g/mol. The molecular formula is C16H20N4O3S. The van der Waals surface area contributed by atoms with Gasteiger partial charge in [-0.05, 0) is 24.6 Å². The summed E-state index contributed by atoms with van der Waals surface area (Å²) in [5.74, 6) is 2.35. The zero-order chi connectivity index (χ0) is 17.4. The van der Waals surface area contributed by atoms with Gasteiger partial charge in [-0.15, -0.1) is 10.2 Å². The Kier molecular flexibility index (Phi) is 6.90. The van der Waals surface area contributed by atoms with E-state index in [1.807, 2.05) is 22.8 Å². The van der Waals surface area contributed by atoms with Gasteiger partial charge in [0.05, 0.1) is 26.0 Å². The number of hydrogen-bond acceptors (Lipinski definition) is 7. The Morgan fingerprint density at radius 1 is 1.17 bits per heavy atom. The first kappa shape index (κ1) is 18.1. The van der Waals surface area contributed by atoms with Crippen molar-refractivity contribution in [3.05, 3.63) is 18.2 Å². The molecule has 0 atom stereocenters. The number of methoxy groups -OCH3 is 3. The fourth-order valence-electron chi connectivity index (χ4n) is 2.25. The van der Waals surface area contributed by atoms with Crippen LogP contribution in [0.3, 0.4) is 0 Å². The zero-order valence-corrected chi connectivity index (χ0v) is 14.8. The minimum absolute atomic E-state index is 0.328. The summed E-state index contributed by atoms with van der Waals surface area (Å²) in [7, 11) is 4.87. The number of ether oxygens (including phenoxy) is 3. The summed E-state index contributed by atoms with van der Waals surface area (Å²) in [6.45, 7) is 1.35. The lowest BCUT2D eigenvalue weighted by molar-refractivity contribution is 0.189. The second kappa shape index (κ2) is 9.15. The summed E-state index contributed by atoms with van der Waals surface area (Å²) in [6, 6.07) is 7.73. The van der Waals surface area contributed by atoms with Crippen LogP contribution in [0, 0.1) is 11.3 Å². The SMILES string of the molecule is COCCCn1c(SCC#N)nnc1-c1ccc(OC)c(OC)c1. The van der Waals surface area contributed by atoms with Crippen LogP contribution in [0.1, 0.15) is 6.42 Å². The standard InChI is InChI=1S/C16H20N4O3S/c1-21-9-4-8-20-15(18-19-16(20)24-10-7-17)12-5-6-13(22-2)14(11-12)23-3/h5-6,11H,4,8-10H2,1-3H3. The summed E-state index contributed by atoms with van der Waals surface area (Å²) in [6.07, 6.45) is 0.828. The average molecular weight is 348 g/mol. The van der Waals surface area contributed by atoms with Crippen LogP contribution in [0.15, 0.2) is 23.4 Å². The van der Waals surface area contributed by atoms with Gasteiger partial charge in [-0.25, -0.2) is 0 Å². The smallest absolute Gasteiger partial charge is 0.192 e. The summed E-state index contributed by atoms with van der Waals surface area (Å²) in [5, 5.41) is 18.0. The van der Waals surface area contributed by atoms with Crippen molar-refractivity contribution in [3.63, 3.8) is 0 Å². The molecule has 0 spiro atoms. The highest BCUT2D eigenvalue weighted by atomic mass is 32.2. The van der Waals surface area contributed by atoms with E-state index in [0.29, 0.717) is 30.4 Å². The predicted molar refractivity (Wildman–Crippen MR) is 91.4 cm³/mol. The molecule has 0 amide bonds. The van der Waals surface area contributed by atoms with Crippen molar-refractivity contribution in [3.8, 4) is 29.0 Å². The van der Waals surface area contributed by atoms with Crippen LogP contribution in [-0.2, 0) is 11.3 Å². The van der Waals surface area contributed by atoms with E-state index >= 15 is 0 Å². The minimum atomic E-state index is 0.328. The number of hydrogen-bond donors (Lipinski definition) is 0. The van der Waals surface area contributed by atoms with Gasteiger partial charge in [0, 0.05) is 25.8 Å². The molecule has 7 nitrogen and oxygen atoms in total. The predicted octanol–water partition coefficient (Wildman–Crippen LogP) is 2.61. The van der Waals surface area contributed by atoms with Crippen molar-refractivity contribution < 1.29 is 14.2 Å². The Labute approximate surface area is 145 Å². The highest BCUT2D eigenvalue weighted by molar-refractivity contribution is 7.99. The Bertz CT molecular complexity index is 712. The van der Waals surface area contributed by atoms with E-state index in [2.05, 4.69) is 16.3 Å². The van der Waals surface area contributed by atoms with E-state index in [4.69, 9.17) is 19.5 Å². The molecule has 0 fully saturated rings. The van der Waals surface area contributed by atoms with Gasteiger partial charge >= 0.3 is 0 Å². The number of aromatic nitrogens is 3. The molecule has 128 valence electrons. The number of nitriles is 1. The largest absolute Gasteiger partial charge is 0.493 e. The molecule has 8 heteroatoms. The Morgan fingerprint density at radius 2 is 1.96 bits per heavy atom. The summed E-state index contributed by atoms with van der Waals surface area (Å²) >= 11 is 1.37. The number of nitrogens with zero attached hydrogens (tertiary/aromatic N) is 4. The van der Waals surface area contributed by atoms with Gasteiger partial charge in [0.15, 0.2) is 22.5 Å². The van der Waals surface area contributed by atoms with E-state index < -0.39 is 0 Å². The van der Waals surface area contributed by atoms with Crippen molar-refractivity contribution in [2.75, 3.05) is 33.7 Å². The molecule has 0 aliphatic carbocycles. The number of thioether (sulfide) groups is 1. The van der Waals surface area contributed by atoms with E-state index in [-0.39, 0.29) is 0 Å². The normalized spacial score (nSPS) is 10.4. The Hall–Kier alpha value is -2.24. The van der Waals surface area contributed by atoms with Crippen molar-refractivity contribution in [1.82, 2.24) is 14.8 Å². The summed E-state index contributed by atoms with van der Waals surface area (Å²) in [5.41, 5.74) is 0.876. The molecule has 0 radical (unpaired) electrons. The maximum absolute atomic E-state index is 8.80. The second-order valence-corrected chi connectivity index (χ2v) is 5.76. The van der Waals surface area contributed by atoms with Crippen LogP contribution in [0.5, 0.6) is 11.5 Å². The summed E-state index contributed by atoms with van der Waals surface area (Å²) < 4.78 is 17.8.